The standard InChI is InChI=1S/C14H15NO2/c16-14(13-2-1-7-17-13)11-4-3-10-5-6-15-9-12(10)8-11/h2-4,8,15H,1,5-7,9H2. The Morgan fingerprint density at radius 2 is 2.24 bits per heavy atom. The number of carbonyl (C=O) groups excluding carboxylic acids is 1. The van der Waals surface area contributed by atoms with Gasteiger partial charge in [-0.1, -0.05) is 12.1 Å². The lowest BCUT2D eigenvalue weighted by Gasteiger charge is -2.17. The Kier molecular flexibility index (Phi) is 2.69. The van der Waals surface area contributed by atoms with Crippen LogP contribution in [0.4, 0.5) is 0 Å². The van der Waals surface area contributed by atoms with Crippen molar-refractivity contribution < 1.29 is 9.53 Å². The summed E-state index contributed by atoms with van der Waals surface area (Å²) in [7, 11) is 0. The van der Waals surface area contributed by atoms with Gasteiger partial charge in [0.2, 0.25) is 5.78 Å². The highest BCUT2D eigenvalue weighted by atomic mass is 16.5. The molecular formula is C14H15NO2. The van der Waals surface area contributed by atoms with Crippen LogP contribution < -0.4 is 5.32 Å². The lowest BCUT2D eigenvalue weighted by molar-refractivity contribution is 0.0942. The van der Waals surface area contributed by atoms with E-state index in [9.17, 15) is 4.79 Å². The number of fused-ring (bicyclic) bond motifs is 1. The number of rotatable bonds is 2. The van der Waals surface area contributed by atoms with Gasteiger partial charge < -0.3 is 10.1 Å². The number of ether oxygens (including phenoxy) is 1. The van der Waals surface area contributed by atoms with Crippen molar-refractivity contribution in [3.63, 3.8) is 0 Å². The molecule has 0 aromatic heterocycles. The van der Waals surface area contributed by atoms with Gasteiger partial charge in [0.15, 0.2) is 5.76 Å². The van der Waals surface area contributed by atoms with E-state index in [0.717, 1.165) is 31.5 Å². The first-order valence-electron chi connectivity index (χ1n) is 6.05. The van der Waals surface area contributed by atoms with E-state index in [1.54, 1.807) is 0 Å². The lowest BCUT2D eigenvalue weighted by atomic mass is 9.96. The summed E-state index contributed by atoms with van der Waals surface area (Å²) < 4.78 is 5.31. The van der Waals surface area contributed by atoms with Crippen LogP contribution in [0.15, 0.2) is 30.0 Å². The molecule has 17 heavy (non-hydrogen) atoms. The van der Waals surface area contributed by atoms with Crippen LogP contribution in [0, 0.1) is 0 Å². The molecule has 2 aliphatic heterocycles. The van der Waals surface area contributed by atoms with Crippen molar-refractivity contribution in [2.24, 2.45) is 0 Å². The predicted octanol–water partition coefficient (Wildman–Crippen LogP) is 1.82. The minimum atomic E-state index is 0.0101. The minimum absolute atomic E-state index is 0.0101. The smallest absolute Gasteiger partial charge is 0.227 e. The van der Waals surface area contributed by atoms with Crippen molar-refractivity contribution in [2.45, 2.75) is 19.4 Å². The Balaban J connectivity index is 1.90. The maximum atomic E-state index is 12.1. The summed E-state index contributed by atoms with van der Waals surface area (Å²) in [6.45, 7) is 2.51. The summed E-state index contributed by atoms with van der Waals surface area (Å²) in [5.41, 5.74) is 3.32. The Bertz CT molecular complexity index is 491. The maximum absolute atomic E-state index is 12.1. The highest BCUT2D eigenvalue weighted by Gasteiger charge is 2.18. The predicted molar refractivity (Wildman–Crippen MR) is 64.8 cm³/mol. The van der Waals surface area contributed by atoms with E-state index in [1.165, 1.54) is 11.1 Å². The molecule has 3 heteroatoms. The number of hydrogen-bond acceptors (Lipinski definition) is 3. The highest BCUT2D eigenvalue weighted by molar-refractivity contribution is 6.07. The lowest BCUT2D eigenvalue weighted by Crippen LogP contribution is -2.23. The summed E-state index contributed by atoms with van der Waals surface area (Å²) in [6.07, 6.45) is 3.76. The normalized spacial score (nSPS) is 18.2. The molecule has 0 radical (unpaired) electrons. The number of allylic oxidation sites excluding steroid dienone is 1. The highest BCUT2D eigenvalue weighted by Crippen LogP contribution is 2.20. The molecule has 3 nitrogen and oxygen atoms in total. The van der Waals surface area contributed by atoms with Crippen molar-refractivity contribution in [1.29, 1.82) is 0 Å². The van der Waals surface area contributed by atoms with E-state index >= 15 is 0 Å². The Morgan fingerprint density at radius 3 is 3.06 bits per heavy atom. The summed E-state index contributed by atoms with van der Waals surface area (Å²) in [4.78, 5) is 12.1. The van der Waals surface area contributed by atoms with E-state index in [0.29, 0.717) is 12.4 Å². The Labute approximate surface area is 100 Å². The fourth-order valence-corrected chi connectivity index (χ4v) is 2.34. The summed E-state index contributed by atoms with van der Waals surface area (Å²) in [6, 6.07) is 5.97. The van der Waals surface area contributed by atoms with Crippen LogP contribution >= 0.6 is 0 Å². The second kappa shape index (κ2) is 4.34. The molecule has 3 rings (SSSR count). The molecule has 0 saturated carbocycles. The van der Waals surface area contributed by atoms with Crippen molar-refractivity contribution in [1.82, 2.24) is 5.32 Å². The second-order valence-electron chi connectivity index (χ2n) is 4.44. The molecule has 1 N–H and O–H groups in total. The number of benzene rings is 1. The first-order valence-corrected chi connectivity index (χ1v) is 6.05. The van der Waals surface area contributed by atoms with Crippen LogP contribution in [-0.2, 0) is 17.7 Å². The van der Waals surface area contributed by atoms with Crippen LogP contribution in [0.5, 0.6) is 0 Å². The fourth-order valence-electron chi connectivity index (χ4n) is 2.34. The summed E-state index contributed by atoms with van der Waals surface area (Å²) in [5, 5.41) is 3.32. The zero-order chi connectivity index (χ0) is 11.7. The Morgan fingerprint density at radius 1 is 1.29 bits per heavy atom. The van der Waals surface area contributed by atoms with E-state index in [2.05, 4.69) is 11.4 Å². The fraction of sp³-hybridized carbons (Fsp3) is 0.357. The third-order valence-corrected chi connectivity index (χ3v) is 3.28. The molecule has 0 saturated heterocycles. The number of hydrogen-bond donors (Lipinski definition) is 1. The molecule has 1 aromatic carbocycles. The molecule has 0 fully saturated rings. The monoisotopic (exact) mass is 229 g/mol. The summed E-state index contributed by atoms with van der Waals surface area (Å²) in [5.74, 6) is 0.518. The van der Waals surface area contributed by atoms with Gasteiger partial charge in [0.25, 0.3) is 0 Å². The zero-order valence-electron chi connectivity index (χ0n) is 9.66. The molecule has 0 amide bonds. The largest absolute Gasteiger partial charge is 0.489 e. The van der Waals surface area contributed by atoms with Crippen LogP contribution in [0.2, 0.25) is 0 Å². The van der Waals surface area contributed by atoms with E-state index < -0.39 is 0 Å². The number of Topliss-reactive ketones (excluding diaryl/α,β-unsaturated/α-hetero) is 1. The van der Waals surface area contributed by atoms with Gasteiger partial charge in [0, 0.05) is 18.5 Å². The topological polar surface area (TPSA) is 38.3 Å². The molecule has 2 aliphatic rings. The first kappa shape index (κ1) is 10.5. The molecule has 0 atom stereocenters. The molecule has 88 valence electrons. The third-order valence-electron chi connectivity index (χ3n) is 3.28. The van der Waals surface area contributed by atoms with Crippen molar-refractivity contribution in [2.75, 3.05) is 13.2 Å². The number of nitrogens with one attached hydrogen (secondary N) is 1. The van der Waals surface area contributed by atoms with E-state index in [4.69, 9.17) is 4.74 Å². The van der Waals surface area contributed by atoms with Crippen molar-refractivity contribution in [3.8, 4) is 0 Å². The minimum Gasteiger partial charge on any atom is -0.489 e. The van der Waals surface area contributed by atoms with Gasteiger partial charge in [-0.3, -0.25) is 4.79 Å². The van der Waals surface area contributed by atoms with Gasteiger partial charge >= 0.3 is 0 Å². The van der Waals surface area contributed by atoms with Gasteiger partial charge in [-0.2, -0.15) is 0 Å². The van der Waals surface area contributed by atoms with Gasteiger partial charge in [-0.05, 0) is 36.2 Å². The second-order valence-corrected chi connectivity index (χ2v) is 4.44. The number of ketones is 1. The van der Waals surface area contributed by atoms with E-state index in [-0.39, 0.29) is 5.78 Å². The van der Waals surface area contributed by atoms with Gasteiger partial charge in [0.1, 0.15) is 0 Å². The quantitative estimate of drug-likeness (QED) is 0.786. The molecule has 0 bridgehead atoms. The average Bonchev–Trinajstić information content (AvgIpc) is 2.91. The maximum Gasteiger partial charge on any atom is 0.227 e. The Hall–Kier alpha value is -1.61. The zero-order valence-corrected chi connectivity index (χ0v) is 9.66. The number of carbonyl (C=O) groups is 1. The molecule has 0 unspecified atom stereocenters. The van der Waals surface area contributed by atoms with Crippen molar-refractivity contribution in [3.05, 3.63) is 46.7 Å². The molecule has 0 aliphatic carbocycles. The molecule has 1 aromatic rings. The van der Waals surface area contributed by atoms with Crippen LogP contribution in [0.25, 0.3) is 0 Å². The molecule has 2 heterocycles. The van der Waals surface area contributed by atoms with Gasteiger partial charge in [-0.15, -0.1) is 0 Å². The third kappa shape index (κ3) is 1.98. The van der Waals surface area contributed by atoms with Crippen molar-refractivity contribution >= 4 is 5.78 Å². The SMILES string of the molecule is O=C(C1=CCCO1)c1ccc2c(c1)CNCC2. The van der Waals surface area contributed by atoms with Crippen LogP contribution in [-0.4, -0.2) is 18.9 Å². The van der Waals surface area contributed by atoms with Gasteiger partial charge in [0.05, 0.1) is 6.61 Å². The first-order chi connectivity index (χ1) is 8.34. The molecular weight excluding hydrogens is 214 g/mol. The molecule has 0 spiro atoms. The average molecular weight is 229 g/mol. The van der Waals surface area contributed by atoms with Crippen LogP contribution in [0.3, 0.4) is 0 Å². The van der Waals surface area contributed by atoms with E-state index in [1.807, 2.05) is 18.2 Å². The van der Waals surface area contributed by atoms with Gasteiger partial charge in [-0.25, -0.2) is 0 Å². The van der Waals surface area contributed by atoms with Crippen LogP contribution in [0.1, 0.15) is 27.9 Å². The summed E-state index contributed by atoms with van der Waals surface area (Å²) >= 11 is 0.